The van der Waals surface area contributed by atoms with Gasteiger partial charge in [0.1, 0.15) is 17.5 Å². The van der Waals surface area contributed by atoms with Crippen molar-refractivity contribution in [1.82, 2.24) is 14.6 Å². The highest BCUT2D eigenvalue weighted by Crippen LogP contribution is 2.39. The topological polar surface area (TPSA) is 117 Å². The molecule has 2 heterocycles. The number of nitrogens with zero attached hydrogens (tertiary/aromatic N) is 4. The maximum atomic E-state index is 11.1. The number of anilines is 1. The molecular weight excluding hydrogens is 402 g/mol. The van der Waals surface area contributed by atoms with E-state index in [2.05, 4.69) is 35.4 Å². The number of benzene rings is 2. The Kier molecular flexibility index (Phi) is 4.98. The molecule has 0 aliphatic heterocycles. The quantitative estimate of drug-likeness (QED) is 0.487. The van der Waals surface area contributed by atoms with E-state index in [4.69, 9.17) is 15.8 Å². The molecule has 32 heavy (non-hydrogen) atoms. The molecule has 0 saturated heterocycles. The lowest BCUT2D eigenvalue weighted by atomic mass is 9.78. The fraction of sp³-hybridized carbons (Fsp3) is 0.280. The van der Waals surface area contributed by atoms with Gasteiger partial charge in [-0.3, -0.25) is 4.79 Å². The molecule has 1 fully saturated rings. The first-order valence-electron chi connectivity index (χ1n) is 10.8. The van der Waals surface area contributed by atoms with Gasteiger partial charge in [0, 0.05) is 17.9 Å². The number of rotatable bonds is 4. The molecule has 7 heteroatoms. The highest BCUT2D eigenvalue weighted by atomic mass is 16.4. The molecule has 4 aromatic rings. The zero-order valence-corrected chi connectivity index (χ0v) is 17.5. The number of nitrogens with two attached hydrogens (primary N) is 1. The molecule has 2 aromatic carbocycles. The van der Waals surface area contributed by atoms with Crippen LogP contribution in [0.4, 0.5) is 5.82 Å². The molecule has 1 aliphatic rings. The van der Waals surface area contributed by atoms with Crippen LogP contribution in [0.3, 0.4) is 0 Å². The Balaban J connectivity index is 1.57. The average Bonchev–Trinajstić information content (AvgIpc) is 3.23. The number of nitrogen functional groups attached to an aromatic ring is 1. The van der Waals surface area contributed by atoms with E-state index in [0.29, 0.717) is 22.7 Å². The largest absolute Gasteiger partial charge is 0.481 e. The summed E-state index contributed by atoms with van der Waals surface area (Å²) in [5, 5.41) is 25.6. The van der Waals surface area contributed by atoms with E-state index in [0.717, 1.165) is 47.6 Å². The number of nitriles is 1. The summed E-state index contributed by atoms with van der Waals surface area (Å²) < 4.78 is 1.54. The van der Waals surface area contributed by atoms with Gasteiger partial charge in [-0.15, -0.1) is 0 Å². The van der Waals surface area contributed by atoms with Crippen LogP contribution in [0.2, 0.25) is 0 Å². The minimum atomic E-state index is -0.755. The van der Waals surface area contributed by atoms with E-state index in [1.54, 1.807) is 10.7 Å². The van der Waals surface area contributed by atoms with Gasteiger partial charge in [-0.1, -0.05) is 36.4 Å². The summed E-state index contributed by atoms with van der Waals surface area (Å²) >= 11 is 0. The van der Waals surface area contributed by atoms with Crippen LogP contribution in [0.1, 0.15) is 49.3 Å². The third-order valence-corrected chi connectivity index (χ3v) is 6.58. The Morgan fingerprint density at radius 2 is 1.91 bits per heavy atom. The molecule has 0 amide bonds. The van der Waals surface area contributed by atoms with Crippen LogP contribution in [0.25, 0.3) is 27.5 Å². The Morgan fingerprint density at radius 1 is 1.16 bits per heavy atom. The Labute approximate surface area is 185 Å². The predicted molar refractivity (Wildman–Crippen MR) is 122 cm³/mol. The fourth-order valence-corrected chi connectivity index (χ4v) is 4.89. The van der Waals surface area contributed by atoms with Crippen molar-refractivity contribution in [3.8, 4) is 17.2 Å². The van der Waals surface area contributed by atoms with Crippen molar-refractivity contribution < 1.29 is 9.90 Å². The molecule has 0 spiro atoms. The molecule has 1 aliphatic carbocycles. The standard InChI is InChI=1S/C25H23N5O2/c26-13-20-23(17-7-5-15(6-8-17)11-22(31)32)29-25-21(14-28-30(25)24(20)27)19-10-9-16-3-1-2-4-18(16)12-19/h1-4,9-10,12,14-15,17H,5-8,11,27H2,(H,31,32). The highest BCUT2D eigenvalue weighted by Gasteiger charge is 2.29. The van der Waals surface area contributed by atoms with Gasteiger partial charge in [0.15, 0.2) is 5.65 Å². The van der Waals surface area contributed by atoms with Gasteiger partial charge in [-0.05, 0) is 54.0 Å². The molecular formula is C25H23N5O2. The first-order chi connectivity index (χ1) is 15.5. The summed E-state index contributed by atoms with van der Waals surface area (Å²) in [6, 6.07) is 16.6. The van der Waals surface area contributed by atoms with Crippen LogP contribution in [0.5, 0.6) is 0 Å². The molecule has 0 radical (unpaired) electrons. The normalized spacial score (nSPS) is 18.6. The number of hydrogen-bond acceptors (Lipinski definition) is 5. The number of carboxylic acid groups (broad SMARTS) is 1. The van der Waals surface area contributed by atoms with Gasteiger partial charge in [0.25, 0.3) is 0 Å². The minimum Gasteiger partial charge on any atom is -0.481 e. The summed E-state index contributed by atoms with van der Waals surface area (Å²) in [6.45, 7) is 0. The maximum absolute atomic E-state index is 11.1. The summed E-state index contributed by atoms with van der Waals surface area (Å²) in [6.07, 6.45) is 5.17. The van der Waals surface area contributed by atoms with Crippen LogP contribution in [-0.2, 0) is 4.79 Å². The second-order valence-electron chi connectivity index (χ2n) is 8.54. The predicted octanol–water partition coefficient (Wildman–Crippen LogP) is 4.75. The Hall–Kier alpha value is -3.92. The third-order valence-electron chi connectivity index (χ3n) is 6.58. The lowest BCUT2D eigenvalue weighted by Crippen LogP contribution is -2.19. The molecule has 7 nitrogen and oxygen atoms in total. The van der Waals surface area contributed by atoms with Crippen molar-refractivity contribution in [1.29, 1.82) is 5.26 Å². The van der Waals surface area contributed by atoms with Crippen molar-refractivity contribution in [2.24, 2.45) is 5.92 Å². The zero-order chi connectivity index (χ0) is 22.2. The average molecular weight is 425 g/mol. The Bertz CT molecular complexity index is 1380. The second-order valence-corrected chi connectivity index (χ2v) is 8.54. The van der Waals surface area contributed by atoms with Crippen molar-refractivity contribution in [2.75, 3.05) is 5.73 Å². The number of fused-ring (bicyclic) bond motifs is 2. The van der Waals surface area contributed by atoms with Gasteiger partial charge >= 0.3 is 5.97 Å². The van der Waals surface area contributed by atoms with Crippen LogP contribution in [0.15, 0.2) is 48.7 Å². The zero-order valence-electron chi connectivity index (χ0n) is 17.5. The first-order valence-corrected chi connectivity index (χ1v) is 10.8. The van der Waals surface area contributed by atoms with Crippen molar-refractivity contribution >= 4 is 28.2 Å². The van der Waals surface area contributed by atoms with Crippen LogP contribution in [-0.4, -0.2) is 25.7 Å². The van der Waals surface area contributed by atoms with Gasteiger partial charge in [-0.2, -0.15) is 14.9 Å². The van der Waals surface area contributed by atoms with Gasteiger partial charge < -0.3 is 10.8 Å². The van der Waals surface area contributed by atoms with Gasteiger partial charge in [0.05, 0.1) is 11.9 Å². The second kappa shape index (κ2) is 7.97. The number of carbonyl (C=O) groups is 1. The van der Waals surface area contributed by atoms with E-state index in [-0.39, 0.29) is 18.3 Å². The van der Waals surface area contributed by atoms with E-state index in [1.165, 1.54) is 0 Å². The molecule has 0 atom stereocenters. The van der Waals surface area contributed by atoms with Crippen molar-refractivity contribution in [2.45, 2.75) is 38.0 Å². The monoisotopic (exact) mass is 425 g/mol. The molecule has 0 bridgehead atoms. The van der Waals surface area contributed by atoms with E-state index in [1.807, 2.05) is 18.2 Å². The van der Waals surface area contributed by atoms with E-state index in [9.17, 15) is 10.1 Å². The fourth-order valence-electron chi connectivity index (χ4n) is 4.89. The van der Waals surface area contributed by atoms with Crippen LogP contribution in [0, 0.1) is 17.2 Å². The molecule has 1 saturated carbocycles. The molecule has 0 unspecified atom stereocenters. The maximum Gasteiger partial charge on any atom is 0.303 e. The Morgan fingerprint density at radius 3 is 2.62 bits per heavy atom. The minimum absolute atomic E-state index is 0.0846. The SMILES string of the molecule is N#Cc1c(C2CCC(CC(=O)O)CC2)nc2c(-c3ccc4ccccc4c3)cnn2c1N. The van der Waals surface area contributed by atoms with Crippen LogP contribution < -0.4 is 5.73 Å². The summed E-state index contributed by atoms with van der Waals surface area (Å²) in [4.78, 5) is 16.0. The number of carboxylic acids is 1. The number of hydrogen-bond donors (Lipinski definition) is 2. The first kappa shape index (κ1) is 20.0. The van der Waals surface area contributed by atoms with Gasteiger partial charge in [-0.25, -0.2) is 4.98 Å². The lowest BCUT2D eigenvalue weighted by molar-refractivity contribution is -0.138. The van der Waals surface area contributed by atoms with E-state index < -0.39 is 5.97 Å². The van der Waals surface area contributed by atoms with Gasteiger partial charge in [0.2, 0.25) is 0 Å². The lowest BCUT2D eigenvalue weighted by Gasteiger charge is -2.28. The van der Waals surface area contributed by atoms with E-state index >= 15 is 0 Å². The number of aromatic nitrogens is 3. The molecule has 3 N–H and O–H groups in total. The molecule has 160 valence electrons. The summed E-state index contributed by atoms with van der Waals surface area (Å²) in [5.74, 6) is -0.193. The van der Waals surface area contributed by atoms with Crippen LogP contribution >= 0.6 is 0 Å². The van der Waals surface area contributed by atoms with Crippen molar-refractivity contribution in [3.63, 3.8) is 0 Å². The summed E-state index contributed by atoms with van der Waals surface area (Å²) in [7, 11) is 0. The number of aliphatic carboxylic acids is 1. The smallest absolute Gasteiger partial charge is 0.303 e. The van der Waals surface area contributed by atoms with Crippen molar-refractivity contribution in [3.05, 3.63) is 59.9 Å². The highest BCUT2D eigenvalue weighted by molar-refractivity contribution is 5.90. The molecule has 2 aromatic heterocycles. The summed E-state index contributed by atoms with van der Waals surface area (Å²) in [5.41, 5.74) is 9.94. The third kappa shape index (κ3) is 3.44. The molecule has 5 rings (SSSR count).